The van der Waals surface area contributed by atoms with Gasteiger partial charge in [-0.1, -0.05) is 55.5 Å². The van der Waals surface area contributed by atoms with Gasteiger partial charge >= 0.3 is 0 Å². The predicted octanol–water partition coefficient (Wildman–Crippen LogP) is 3.77. The van der Waals surface area contributed by atoms with Crippen molar-refractivity contribution in [2.75, 3.05) is 11.4 Å². The Labute approximate surface area is 120 Å². The van der Waals surface area contributed by atoms with Crippen molar-refractivity contribution >= 4 is 11.5 Å². The van der Waals surface area contributed by atoms with E-state index in [1.54, 1.807) is 0 Å². The van der Waals surface area contributed by atoms with Crippen molar-refractivity contribution in [2.45, 2.75) is 25.8 Å². The Morgan fingerprint density at radius 1 is 1.05 bits per heavy atom. The highest BCUT2D eigenvalue weighted by atomic mass is 16.1. The summed E-state index contributed by atoms with van der Waals surface area (Å²) in [6.45, 7) is 3.68. The molecule has 2 heteroatoms. The number of carbonyl (C=O) groups is 1. The van der Waals surface area contributed by atoms with Gasteiger partial charge in [0.1, 0.15) is 5.78 Å². The number of hydrogen-bond donors (Lipinski definition) is 0. The van der Waals surface area contributed by atoms with Crippen LogP contribution in [-0.4, -0.2) is 12.3 Å². The molecule has 2 aromatic carbocycles. The Morgan fingerprint density at radius 3 is 2.55 bits per heavy atom. The van der Waals surface area contributed by atoms with Gasteiger partial charge in [-0.05, 0) is 17.2 Å². The number of anilines is 1. The maximum Gasteiger partial charge on any atom is 0.141 e. The van der Waals surface area contributed by atoms with Crippen LogP contribution in [0.15, 0.2) is 54.6 Å². The molecule has 0 aromatic heterocycles. The monoisotopic (exact) mass is 265 g/mol. The molecule has 0 fully saturated rings. The third kappa shape index (κ3) is 2.46. The molecule has 0 saturated heterocycles. The lowest BCUT2D eigenvalue weighted by molar-refractivity contribution is -0.119. The van der Waals surface area contributed by atoms with E-state index in [0.717, 1.165) is 18.7 Å². The Balaban J connectivity index is 1.95. The molecule has 102 valence electrons. The van der Waals surface area contributed by atoms with Crippen LogP contribution in [0.5, 0.6) is 0 Å². The van der Waals surface area contributed by atoms with E-state index in [1.165, 1.54) is 11.3 Å². The Hall–Kier alpha value is -2.09. The molecule has 0 bridgehead atoms. The minimum atomic E-state index is 0.00646. The van der Waals surface area contributed by atoms with Gasteiger partial charge in [-0.2, -0.15) is 0 Å². The zero-order valence-corrected chi connectivity index (χ0v) is 11.8. The molecule has 1 atom stereocenters. The molecule has 3 rings (SSSR count). The maximum absolute atomic E-state index is 12.1. The first-order valence-corrected chi connectivity index (χ1v) is 7.16. The van der Waals surface area contributed by atoms with Crippen molar-refractivity contribution in [2.24, 2.45) is 0 Å². The van der Waals surface area contributed by atoms with Gasteiger partial charge in [-0.25, -0.2) is 0 Å². The van der Waals surface area contributed by atoms with E-state index >= 15 is 0 Å². The van der Waals surface area contributed by atoms with Gasteiger partial charge in [-0.3, -0.25) is 4.79 Å². The van der Waals surface area contributed by atoms with E-state index in [0.29, 0.717) is 12.2 Å². The predicted molar refractivity (Wildman–Crippen MR) is 82.0 cm³/mol. The van der Waals surface area contributed by atoms with E-state index in [2.05, 4.69) is 47.4 Å². The van der Waals surface area contributed by atoms with Crippen molar-refractivity contribution in [1.29, 1.82) is 0 Å². The molecule has 0 saturated carbocycles. The lowest BCUT2D eigenvalue weighted by atomic mass is 9.95. The highest BCUT2D eigenvalue weighted by Crippen LogP contribution is 2.32. The molecule has 0 aliphatic carbocycles. The normalized spacial score (nSPS) is 18.6. The molecule has 1 aliphatic rings. The van der Waals surface area contributed by atoms with Gasteiger partial charge in [0, 0.05) is 31.1 Å². The fourth-order valence-corrected chi connectivity index (χ4v) is 2.87. The molecule has 0 spiro atoms. The van der Waals surface area contributed by atoms with Gasteiger partial charge in [-0.15, -0.1) is 0 Å². The number of rotatable bonds is 2. The molecule has 2 aromatic rings. The van der Waals surface area contributed by atoms with Gasteiger partial charge in [0.05, 0.1) is 0 Å². The maximum atomic E-state index is 12.1. The van der Waals surface area contributed by atoms with Crippen molar-refractivity contribution < 1.29 is 4.79 Å². The number of benzene rings is 2. The van der Waals surface area contributed by atoms with E-state index < -0.39 is 0 Å². The summed E-state index contributed by atoms with van der Waals surface area (Å²) in [5, 5.41) is 0. The third-order valence-electron chi connectivity index (χ3n) is 4.07. The van der Waals surface area contributed by atoms with Crippen LogP contribution in [0.1, 0.15) is 30.4 Å². The summed E-state index contributed by atoms with van der Waals surface area (Å²) in [4.78, 5) is 14.5. The van der Waals surface area contributed by atoms with Crippen molar-refractivity contribution in [3.05, 3.63) is 65.7 Å². The first-order valence-electron chi connectivity index (χ1n) is 7.16. The third-order valence-corrected chi connectivity index (χ3v) is 4.07. The summed E-state index contributed by atoms with van der Waals surface area (Å²) in [6.07, 6.45) is 0.628. The second-order valence-corrected chi connectivity index (χ2v) is 5.40. The number of hydrogen-bond acceptors (Lipinski definition) is 2. The van der Waals surface area contributed by atoms with Gasteiger partial charge in [0.2, 0.25) is 0 Å². The SMILES string of the molecule is CC1C(=O)CCN(Cc2ccccc2)c2ccccc21. The zero-order chi connectivity index (χ0) is 13.9. The van der Waals surface area contributed by atoms with Crippen LogP contribution < -0.4 is 4.90 Å². The number of Topliss-reactive ketones (excluding diaryl/α,β-unsaturated/α-hetero) is 1. The summed E-state index contributed by atoms with van der Waals surface area (Å²) in [5.74, 6) is 0.347. The van der Waals surface area contributed by atoms with Crippen LogP contribution in [0.25, 0.3) is 0 Å². The molecular formula is C18H19NO. The zero-order valence-electron chi connectivity index (χ0n) is 11.8. The second-order valence-electron chi connectivity index (χ2n) is 5.40. The second kappa shape index (κ2) is 5.49. The minimum Gasteiger partial charge on any atom is -0.367 e. The molecule has 0 N–H and O–H groups in total. The van der Waals surface area contributed by atoms with Gasteiger partial charge in [0.15, 0.2) is 0 Å². The van der Waals surface area contributed by atoms with E-state index in [1.807, 2.05) is 19.1 Å². The van der Waals surface area contributed by atoms with Crippen LogP contribution in [0.2, 0.25) is 0 Å². The molecule has 0 amide bonds. The molecule has 1 heterocycles. The highest BCUT2D eigenvalue weighted by Gasteiger charge is 2.25. The lowest BCUT2D eigenvalue weighted by Crippen LogP contribution is -2.24. The number of ketones is 1. The summed E-state index contributed by atoms with van der Waals surface area (Å²) in [7, 11) is 0. The van der Waals surface area contributed by atoms with E-state index in [9.17, 15) is 4.79 Å². The Bertz CT molecular complexity index is 606. The largest absolute Gasteiger partial charge is 0.367 e. The minimum absolute atomic E-state index is 0.00646. The van der Waals surface area contributed by atoms with Crippen molar-refractivity contribution in [1.82, 2.24) is 0 Å². The Morgan fingerprint density at radius 2 is 1.75 bits per heavy atom. The molecule has 1 aliphatic heterocycles. The number of carbonyl (C=O) groups excluding carboxylic acids is 1. The summed E-state index contributed by atoms with van der Waals surface area (Å²) >= 11 is 0. The number of fused-ring (bicyclic) bond motifs is 1. The van der Waals surface area contributed by atoms with E-state index in [4.69, 9.17) is 0 Å². The van der Waals surface area contributed by atoms with Crippen LogP contribution in [0.4, 0.5) is 5.69 Å². The first-order chi connectivity index (χ1) is 9.75. The highest BCUT2D eigenvalue weighted by molar-refractivity contribution is 5.88. The van der Waals surface area contributed by atoms with Crippen LogP contribution in [0, 0.1) is 0 Å². The lowest BCUT2D eigenvalue weighted by Gasteiger charge is -2.25. The van der Waals surface area contributed by atoms with Crippen molar-refractivity contribution in [3.63, 3.8) is 0 Å². The number of nitrogens with zero attached hydrogens (tertiary/aromatic N) is 1. The van der Waals surface area contributed by atoms with Crippen LogP contribution in [-0.2, 0) is 11.3 Å². The molecule has 0 radical (unpaired) electrons. The average molecular weight is 265 g/mol. The molecule has 1 unspecified atom stereocenters. The van der Waals surface area contributed by atoms with Crippen molar-refractivity contribution in [3.8, 4) is 0 Å². The van der Waals surface area contributed by atoms with Crippen LogP contribution >= 0.6 is 0 Å². The standard InChI is InChI=1S/C18H19NO/c1-14-16-9-5-6-10-17(16)19(12-11-18(14)20)13-15-7-3-2-4-8-15/h2-10,14H,11-13H2,1H3. The van der Waals surface area contributed by atoms with E-state index in [-0.39, 0.29) is 5.92 Å². The first kappa shape index (κ1) is 12.9. The smallest absolute Gasteiger partial charge is 0.141 e. The topological polar surface area (TPSA) is 20.3 Å². The summed E-state index contributed by atoms with van der Waals surface area (Å²) < 4.78 is 0. The fourth-order valence-electron chi connectivity index (χ4n) is 2.87. The molecule has 2 nitrogen and oxygen atoms in total. The quantitative estimate of drug-likeness (QED) is 0.824. The summed E-state index contributed by atoms with van der Waals surface area (Å²) in [5.41, 5.74) is 3.64. The Kier molecular flexibility index (Phi) is 3.55. The van der Waals surface area contributed by atoms with Crippen LogP contribution in [0.3, 0.4) is 0 Å². The summed E-state index contributed by atoms with van der Waals surface area (Å²) in [6, 6.07) is 18.7. The average Bonchev–Trinajstić information content (AvgIpc) is 2.61. The molecular weight excluding hydrogens is 246 g/mol. The van der Waals surface area contributed by atoms with Gasteiger partial charge < -0.3 is 4.90 Å². The fraction of sp³-hybridized carbons (Fsp3) is 0.278. The van der Waals surface area contributed by atoms with Gasteiger partial charge in [0.25, 0.3) is 0 Å². The molecule has 20 heavy (non-hydrogen) atoms. The number of para-hydroxylation sites is 1.